The normalized spacial score (nSPS) is 16.8. The molecule has 1 fully saturated rings. The molecule has 1 aliphatic heterocycles. The summed E-state index contributed by atoms with van der Waals surface area (Å²) in [5.74, 6) is -2.11. The molecule has 0 unspecified atom stereocenters. The second-order valence-corrected chi connectivity index (χ2v) is 5.73. The number of para-hydroxylation sites is 1. The molecule has 0 aliphatic carbocycles. The van der Waals surface area contributed by atoms with E-state index >= 15 is 0 Å². The Balaban J connectivity index is 1.74. The number of nitrogens with zero attached hydrogens (tertiary/aromatic N) is 3. The predicted octanol–water partition coefficient (Wildman–Crippen LogP) is 1.06. The SMILES string of the molecule is O=C(c1ccn(-c2ccccc2F)n1)N1CCC(O)(C(=O)O)CC1. The van der Waals surface area contributed by atoms with Crippen LogP contribution in [0.1, 0.15) is 23.3 Å². The lowest BCUT2D eigenvalue weighted by Crippen LogP contribution is -2.50. The van der Waals surface area contributed by atoms with Gasteiger partial charge in [-0.2, -0.15) is 5.10 Å². The molecule has 7 nitrogen and oxygen atoms in total. The lowest BCUT2D eigenvalue weighted by atomic mass is 9.91. The van der Waals surface area contributed by atoms with Gasteiger partial charge in [0.05, 0.1) is 0 Å². The lowest BCUT2D eigenvalue weighted by molar-refractivity contribution is -0.162. The smallest absolute Gasteiger partial charge is 0.335 e. The van der Waals surface area contributed by atoms with Crippen molar-refractivity contribution < 1.29 is 24.2 Å². The molecular weight excluding hydrogens is 317 g/mol. The van der Waals surface area contributed by atoms with Crippen molar-refractivity contribution in [3.05, 3.63) is 48.0 Å². The van der Waals surface area contributed by atoms with Gasteiger partial charge in [-0.05, 0) is 18.2 Å². The summed E-state index contributed by atoms with van der Waals surface area (Å²) in [6.45, 7) is 0.238. The highest BCUT2D eigenvalue weighted by molar-refractivity contribution is 5.92. The standard InChI is InChI=1S/C16H16FN3O4/c17-11-3-1-2-4-13(11)20-8-5-12(18-20)14(21)19-9-6-16(24,7-10-19)15(22)23/h1-5,8,24H,6-7,9-10H2,(H,22,23). The summed E-state index contributed by atoms with van der Waals surface area (Å²) in [6.07, 6.45) is 1.41. The van der Waals surface area contributed by atoms with Crippen LogP contribution in [0.3, 0.4) is 0 Å². The summed E-state index contributed by atoms with van der Waals surface area (Å²) in [5.41, 5.74) is -1.42. The number of aromatic nitrogens is 2. The number of hydrogen-bond acceptors (Lipinski definition) is 4. The van der Waals surface area contributed by atoms with Gasteiger partial charge in [0.2, 0.25) is 0 Å². The molecule has 2 N–H and O–H groups in total. The summed E-state index contributed by atoms with van der Waals surface area (Å²) in [5, 5.41) is 23.0. The summed E-state index contributed by atoms with van der Waals surface area (Å²) in [7, 11) is 0. The second-order valence-electron chi connectivity index (χ2n) is 5.73. The lowest BCUT2D eigenvalue weighted by Gasteiger charge is -2.34. The molecule has 1 aliphatic rings. The number of aliphatic carboxylic acids is 1. The molecule has 126 valence electrons. The van der Waals surface area contributed by atoms with E-state index in [0.29, 0.717) is 0 Å². The first-order chi connectivity index (χ1) is 11.4. The van der Waals surface area contributed by atoms with Crippen molar-refractivity contribution in [3.8, 4) is 5.69 Å². The Kier molecular flexibility index (Phi) is 4.06. The van der Waals surface area contributed by atoms with E-state index in [1.807, 2.05) is 0 Å². The Bertz CT molecular complexity index is 781. The highest BCUT2D eigenvalue weighted by Crippen LogP contribution is 2.23. The maximum absolute atomic E-state index is 13.8. The molecular formula is C16H16FN3O4. The van der Waals surface area contributed by atoms with Crippen molar-refractivity contribution >= 4 is 11.9 Å². The van der Waals surface area contributed by atoms with Gasteiger partial charge in [-0.3, -0.25) is 4.79 Å². The van der Waals surface area contributed by atoms with Gasteiger partial charge in [0, 0.05) is 32.1 Å². The molecule has 2 aromatic rings. The van der Waals surface area contributed by atoms with E-state index in [4.69, 9.17) is 5.11 Å². The van der Waals surface area contributed by atoms with Gasteiger partial charge >= 0.3 is 5.97 Å². The minimum absolute atomic E-state index is 0.0396. The number of amides is 1. The van der Waals surface area contributed by atoms with Gasteiger partial charge in [-0.25, -0.2) is 13.9 Å². The van der Waals surface area contributed by atoms with Gasteiger partial charge in [0.1, 0.15) is 11.5 Å². The molecule has 8 heteroatoms. The topological polar surface area (TPSA) is 95.7 Å². The maximum atomic E-state index is 13.8. The van der Waals surface area contributed by atoms with Crippen LogP contribution in [0.5, 0.6) is 0 Å². The molecule has 0 radical (unpaired) electrons. The van der Waals surface area contributed by atoms with Crippen LogP contribution < -0.4 is 0 Å². The fraction of sp³-hybridized carbons (Fsp3) is 0.312. The maximum Gasteiger partial charge on any atom is 0.335 e. The van der Waals surface area contributed by atoms with Crippen molar-refractivity contribution in [1.29, 1.82) is 0 Å². The van der Waals surface area contributed by atoms with Crippen LogP contribution in [0, 0.1) is 5.82 Å². The van der Waals surface area contributed by atoms with Crippen LogP contribution in [0.25, 0.3) is 5.69 Å². The average Bonchev–Trinajstić information content (AvgIpc) is 3.05. The fourth-order valence-electron chi connectivity index (χ4n) is 2.67. The van der Waals surface area contributed by atoms with Crippen LogP contribution in [0.15, 0.2) is 36.5 Å². The minimum Gasteiger partial charge on any atom is -0.479 e. The van der Waals surface area contributed by atoms with Crippen LogP contribution in [-0.4, -0.2) is 55.5 Å². The van der Waals surface area contributed by atoms with E-state index in [0.717, 1.165) is 0 Å². The van der Waals surface area contributed by atoms with Crippen LogP contribution in [0.4, 0.5) is 4.39 Å². The number of hydrogen-bond donors (Lipinski definition) is 2. The molecule has 0 bridgehead atoms. The third-order valence-corrected chi connectivity index (χ3v) is 4.18. The van der Waals surface area contributed by atoms with E-state index in [1.165, 1.54) is 27.9 Å². The average molecular weight is 333 g/mol. The molecule has 1 saturated heterocycles. The zero-order valence-electron chi connectivity index (χ0n) is 12.7. The zero-order valence-corrected chi connectivity index (χ0v) is 12.7. The summed E-state index contributed by atoms with van der Waals surface area (Å²) < 4.78 is 15.0. The summed E-state index contributed by atoms with van der Waals surface area (Å²) in [6, 6.07) is 7.55. The van der Waals surface area contributed by atoms with Crippen molar-refractivity contribution in [3.63, 3.8) is 0 Å². The molecule has 2 heterocycles. The van der Waals surface area contributed by atoms with E-state index in [1.54, 1.807) is 18.2 Å². The highest BCUT2D eigenvalue weighted by Gasteiger charge is 2.40. The summed E-state index contributed by atoms with van der Waals surface area (Å²) >= 11 is 0. The number of aliphatic hydroxyl groups is 1. The van der Waals surface area contributed by atoms with Gasteiger partial charge in [0.25, 0.3) is 5.91 Å². The third-order valence-electron chi connectivity index (χ3n) is 4.18. The first kappa shape index (κ1) is 16.1. The van der Waals surface area contributed by atoms with Crippen molar-refractivity contribution in [2.45, 2.75) is 18.4 Å². The first-order valence-corrected chi connectivity index (χ1v) is 7.46. The Labute approximate surface area is 136 Å². The Morgan fingerprint density at radius 3 is 2.46 bits per heavy atom. The Hall–Kier alpha value is -2.74. The van der Waals surface area contributed by atoms with Crippen LogP contribution in [-0.2, 0) is 4.79 Å². The number of piperidine rings is 1. The number of benzene rings is 1. The number of rotatable bonds is 3. The van der Waals surface area contributed by atoms with Crippen LogP contribution >= 0.6 is 0 Å². The second kappa shape index (κ2) is 6.04. The number of carboxylic acid groups (broad SMARTS) is 1. The number of halogens is 1. The van der Waals surface area contributed by atoms with E-state index in [-0.39, 0.29) is 43.2 Å². The Morgan fingerprint density at radius 2 is 1.83 bits per heavy atom. The quantitative estimate of drug-likeness (QED) is 0.876. The molecule has 1 amide bonds. The van der Waals surface area contributed by atoms with Crippen molar-refractivity contribution in [2.75, 3.05) is 13.1 Å². The molecule has 1 aromatic heterocycles. The molecule has 0 spiro atoms. The zero-order chi connectivity index (χ0) is 17.3. The van der Waals surface area contributed by atoms with E-state index in [2.05, 4.69) is 5.10 Å². The van der Waals surface area contributed by atoms with Crippen molar-refractivity contribution in [2.24, 2.45) is 0 Å². The monoisotopic (exact) mass is 333 g/mol. The number of likely N-dealkylation sites (tertiary alicyclic amines) is 1. The predicted molar refractivity (Wildman–Crippen MR) is 81.2 cm³/mol. The Morgan fingerprint density at radius 1 is 1.17 bits per heavy atom. The fourth-order valence-corrected chi connectivity index (χ4v) is 2.67. The molecule has 0 saturated carbocycles. The van der Waals surface area contributed by atoms with Gasteiger partial charge < -0.3 is 15.1 Å². The van der Waals surface area contributed by atoms with Crippen molar-refractivity contribution in [1.82, 2.24) is 14.7 Å². The molecule has 1 aromatic carbocycles. The van der Waals surface area contributed by atoms with Gasteiger partial charge in [-0.15, -0.1) is 0 Å². The first-order valence-electron chi connectivity index (χ1n) is 7.46. The molecule has 24 heavy (non-hydrogen) atoms. The summed E-state index contributed by atoms with van der Waals surface area (Å²) in [4.78, 5) is 24.9. The molecule has 0 atom stereocenters. The molecule has 3 rings (SSSR count). The van der Waals surface area contributed by atoms with E-state index in [9.17, 15) is 19.1 Å². The highest BCUT2D eigenvalue weighted by atomic mass is 19.1. The van der Waals surface area contributed by atoms with E-state index < -0.39 is 17.4 Å². The number of carbonyl (C=O) groups excluding carboxylic acids is 1. The number of carboxylic acids is 1. The van der Waals surface area contributed by atoms with Crippen LogP contribution in [0.2, 0.25) is 0 Å². The third kappa shape index (κ3) is 2.88. The number of carbonyl (C=O) groups is 2. The minimum atomic E-state index is -1.79. The largest absolute Gasteiger partial charge is 0.479 e. The van der Waals surface area contributed by atoms with Gasteiger partial charge in [0.15, 0.2) is 11.3 Å². The van der Waals surface area contributed by atoms with Gasteiger partial charge in [-0.1, -0.05) is 12.1 Å².